The number of hydrogen-bond acceptors (Lipinski definition) is 13. The highest BCUT2D eigenvalue weighted by molar-refractivity contribution is 7.84. The largest absolute Gasteiger partial charge is 0.478 e. The number of aromatic nitrogens is 1. The molecule has 16 nitrogen and oxygen atoms in total. The second-order valence-electron chi connectivity index (χ2n) is 7.72. The van der Waals surface area contributed by atoms with Crippen molar-refractivity contribution in [2.45, 2.75) is 36.9 Å². The molecule has 1 aromatic heterocycles. The van der Waals surface area contributed by atoms with Crippen molar-refractivity contribution in [1.82, 2.24) is 19.5 Å². The van der Waals surface area contributed by atoms with E-state index in [1.165, 1.54) is 10.3 Å². The van der Waals surface area contributed by atoms with E-state index in [0.717, 1.165) is 11.3 Å². The van der Waals surface area contributed by atoms with E-state index < -0.39 is 57.9 Å². The van der Waals surface area contributed by atoms with Crippen LogP contribution in [0.3, 0.4) is 0 Å². The predicted molar refractivity (Wildman–Crippen MR) is 111 cm³/mol. The molecule has 2 amide bonds. The number of nitrogen functional groups attached to an aromatic ring is 1. The molecule has 1 unspecified atom stereocenters. The zero-order valence-corrected chi connectivity index (χ0v) is 18.9. The van der Waals surface area contributed by atoms with Gasteiger partial charge in [-0.3, -0.25) is 19.0 Å². The number of nitrogens with two attached hydrogens (primary N) is 1. The van der Waals surface area contributed by atoms with Gasteiger partial charge in [0.15, 0.2) is 10.8 Å². The summed E-state index contributed by atoms with van der Waals surface area (Å²) >= 11 is 0.969. The number of aliphatic carboxylic acids is 1. The first-order valence-electron chi connectivity index (χ1n) is 9.79. The van der Waals surface area contributed by atoms with Crippen LogP contribution in [-0.4, -0.2) is 105 Å². The zero-order chi connectivity index (χ0) is 24.8. The maximum atomic E-state index is 13.0. The Balaban J connectivity index is 1.56. The number of nitrogens with one attached hydrogen (secondary N) is 1. The van der Waals surface area contributed by atoms with Crippen molar-refractivity contribution < 1.29 is 47.1 Å². The van der Waals surface area contributed by atoms with Crippen LogP contribution in [0.1, 0.15) is 18.5 Å². The number of aliphatic hydroxyl groups is 1. The average Bonchev–Trinajstić information content (AvgIpc) is 3.26. The quantitative estimate of drug-likeness (QED) is 0.0957. The van der Waals surface area contributed by atoms with Crippen LogP contribution in [0.5, 0.6) is 0 Å². The third-order valence-corrected chi connectivity index (χ3v) is 7.09. The first-order valence-corrected chi connectivity index (χ1v) is 12.1. The van der Waals surface area contributed by atoms with Crippen LogP contribution in [0.25, 0.3) is 0 Å². The van der Waals surface area contributed by atoms with Gasteiger partial charge < -0.3 is 30.8 Å². The van der Waals surface area contributed by atoms with Crippen molar-refractivity contribution >= 4 is 50.3 Å². The lowest BCUT2D eigenvalue weighted by atomic mass is 9.97. The van der Waals surface area contributed by atoms with Crippen LogP contribution in [0.15, 0.2) is 10.5 Å². The number of hydrogen-bond donors (Lipinski definition) is 5. The van der Waals surface area contributed by atoms with Gasteiger partial charge in [-0.25, -0.2) is 14.1 Å². The van der Waals surface area contributed by atoms with E-state index in [4.69, 9.17) is 15.3 Å². The fraction of sp³-hybridized carbons (Fsp3) is 0.562. The summed E-state index contributed by atoms with van der Waals surface area (Å²) in [6, 6.07) is -2.71. The molecular weight excluding hydrogens is 500 g/mol. The second-order valence-corrected chi connectivity index (χ2v) is 9.90. The minimum absolute atomic E-state index is 0.0560. The van der Waals surface area contributed by atoms with E-state index in [9.17, 15) is 37.6 Å². The Kier molecular flexibility index (Phi) is 6.21. The number of rotatable bonds is 9. The zero-order valence-electron chi connectivity index (χ0n) is 17.2. The number of anilines is 1. The molecule has 186 valence electrons. The molecule has 6 N–H and O–H groups in total. The van der Waals surface area contributed by atoms with Crippen LogP contribution in [-0.2, 0) is 34.3 Å². The third kappa shape index (κ3) is 4.55. The summed E-state index contributed by atoms with van der Waals surface area (Å²) in [6.07, 6.45) is -1.01. The summed E-state index contributed by atoms with van der Waals surface area (Å²) < 4.78 is 37.9. The molecule has 1 aromatic rings. The van der Waals surface area contributed by atoms with E-state index in [-0.39, 0.29) is 47.7 Å². The molecule has 1 saturated carbocycles. The van der Waals surface area contributed by atoms with Gasteiger partial charge in [0.05, 0.1) is 12.6 Å². The average molecular weight is 521 g/mol. The summed E-state index contributed by atoms with van der Waals surface area (Å²) in [7, 11) is -4.96. The molecule has 0 radical (unpaired) electrons. The maximum Gasteiger partial charge on any atom is 0.362 e. The number of carbonyl (C=O) groups excluding carboxylic acids is 2. The normalized spacial score (nSPS) is 26.8. The molecule has 18 heteroatoms. The fourth-order valence-electron chi connectivity index (χ4n) is 3.45. The molecule has 2 saturated heterocycles. The SMILES string of the molecule is Nc1nc(/C(=N/OC2(C(=O)O)CC2)C(=O)N[C@@H]2C(=O)N(S(=O)(=O)O)[C@@H]2CN2CCOC2O)cs1. The smallest absolute Gasteiger partial charge is 0.362 e. The van der Waals surface area contributed by atoms with Crippen LogP contribution in [0, 0.1) is 0 Å². The lowest BCUT2D eigenvalue weighted by Gasteiger charge is -2.45. The molecule has 34 heavy (non-hydrogen) atoms. The van der Waals surface area contributed by atoms with Crippen LogP contribution in [0.2, 0.25) is 0 Å². The van der Waals surface area contributed by atoms with Gasteiger partial charge in [0, 0.05) is 31.3 Å². The van der Waals surface area contributed by atoms with Gasteiger partial charge in [0.2, 0.25) is 12.0 Å². The van der Waals surface area contributed by atoms with Gasteiger partial charge in [-0.2, -0.15) is 8.42 Å². The number of ether oxygens (including phenoxy) is 1. The summed E-state index contributed by atoms with van der Waals surface area (Å²) in [5.74, 6) is -3.42. The van der Waals surface area contributed by atoms with Crippen molar-refractivity contribution in [2.24, 2.45) is 5.16 Å². The van der Waals surface area contributed by atoms with Gasteiger partial charge in [0.25, 0.3) is 11.8 Å². The van der Waals surface area contributed by atoms with E-state index in [0.29, 0.717) is 0 Å². The Morgan fingerprint density at radius 1 is 1.44 bits per heavy atom. The van der Waals surface area contributed by atoms with Gasteiger partial charge in [-0.1, -0.05) is 5.16 Å². The summed E-state index contributed by atoms with van der Waals surface area (Å²) in [5.41, 5.74) is 3.49. The van der Waals surface area contributed by atoms with Crippen LogP contribution >= 0.6 is 11.3 Å². The standard InChI is InChI=1S/C16H20N6O10S2/c17-14-18-7(6-33-14)9(20-32-16(1-2-16)13(25)26)11(23)19-10-8(5-21-3-4-31-15(21)27)22(12(10)24)34(28,29)30/h6,8,10,15,27H,1-5H2,(H2,17,18)(H,19,23)(H,25,26)(H,28,29,30)/b20-9-/t8-,10+,15?/m1/s1. The summed E-state index contributed by atoms with van der Waals surface area (Å²) in [5, 5.41) is 26.5. The Morgan fingerprint density at radius 2 is 2.15 bits per heavy atom. The summed E-state index contributed by atoms with van der Waals surface area (Å²) in [4.78, 5) is 47.1. The van der Waals surface area contributed by atoms with Crippen LogP contribution in [0.4, 0.5) is 5.13 Å². The number of oxime groups is 1. The molecular formula is C16H20N6O10S2. The van der Waals surface area contributed by atoms with E-state index in [2.05, 4.69) is 15.5 Å². The highest BCUT2D eigenvalue weighted by Gasteiger charge is 2.56. The number of aliphatic hydroxyl groups excluding tert-OH is 1. The Morgan fingerprint density at radius 3 is 2.65 bits per heavy atom. The molecule has 3 atom stereocenters. The number of β-lactam (4-membered cyclic amide) rings is 1. The minimum atomic E-state index is -4.96. The van der Waals surface area contributed by atoms with E-state index >= 15 is 0 Å². The first-order chi connectivity index (χ1) is 15.9. The molecule has 3 fully saturated rings. The third-order valence-electron chi connectivity index (χ3n) is 5.47. The molecule has 0 spiro atoms. The van der Waals surface area contributed by atoms with Crippen molar-refractivity contribution in [3.8, 4) is 0 Å². The minimum Gasteiger partial charge on any atom is -0.478 e. The van der Waals surface area contributed by atoms with Crippen LogP contribution < -0.4 is 11.1 Å². The molecule has 3 aliphatic rings. The second kappa shape index (κ2) is 8.71. The topological polar surface area (TPSA) is 234 Å². The van der Waals surface area contributed by atoms with Crippen molar-refractivity contribution in [2.75, 3.05) is 25.4 Å². The first kappa shape index (κ1) is 24.2. The molecule has 0 bridgehead atoms. The maximum absolute atomic E-state index is 13.0. The number of carbonyl (C=O) groups is 3. The molecule has 3 heterocycles. The van der Waals surface area contributed by atoms with Gasteiger partial charge in [-0.05, 0) is 0 Å². The molecule has 2 aliphatic heterocycles. The van der Waals surface area contributed by atoms with Gasteiger partial charge in [0.1, 0.15) is 11.7 Å². The summed E-state index contributed by atoms with van der Waals surface area (Å²) in [6.45, 7) is 0.101. The Labute approximate surface area is 195 Å². The fourth-order valence-corrected chi connectivity index (χ4v) is 4.87. The van der Waals surface area contributed by atoms with Crippen molar-refractivity contribution in [3.05, 3.63) is 11.1 Å². The molecule has 4 rings (SSSR count). The van der Waals surface area contributed by atoms with Crippen molar-refractivity contribution in [3.63, 3.8) is 0 Å². The lowest BCUT2D eigenvalue weighted by molar-refractivity contribution is -0.156. The highest BCUT2D eigenvalue weighted by Crippen LogP contribution is 2.40. The number of amides is 2. The Hall–Kier alpha value is -2.90. The lowest BCUT2D eigenvalue weighted by Crippen LogP contribution is -2.74. The van der Waals surface area contributed by atoms with Gasteiger partial charge >= 0.3 is 16.3 Å². The molecule has 1 aliphatic carbocycles. The van der Waals surface area contributed by atoms with Crippen molar-refractivity contribution in [1.29, 1.82) is 0 Å². The van der Waals surface area contributed by atoms with E-state index in [1.54, 1.807) is 0 Å². The molecule has 0 aromatic carbocycles. The number of carboxylic acid groups (broad SMARTS) is 1. The Bertz CT molecular complexity index is 1150. The monoisotopic (exact) mass is 520 g/mol. The van der Waals surface area contributed by atoms with E-state index in [1.807, 2.05) is 0 Å². The van der Waals surface area contributed by atoms with Gasteiger partial charge in [-0.15, -0.1) is 11.3 Å². The predicted octanol–water partition coefficient (Wildman–Crippen LogP) is -2.83. The number of nitrogens with zero attached hydrogens (tertiary/aromatic N) is 4. The number of carboxylic acids is 1. The number of thiazole rings is 1. The highest BCUT2D eigenvalue weighted by atomic mass is 32.2.